The fourth-order valence-corrected chi connectivity index (χ4v) is 4.78. The van der Waals surface area contributed by atoms with Crippen molar-refractivity contribution >= 4 is 23.4 Å². The molecule has 2 saturated heterocycles. The number of carbonyl (C=O) groups excluding carboxylic acids is 1. The Morgan fingerprint density at radius 3 is 2.52 bits per heavy atom. The third-order valence-corrected chi connectivity index (χ3v) is 6.85. The van der Waals surface area contributed by atoms with Gasteiger partial charge in [0.2, 0.25) is 5.91 Å². The van der Waals surface area contributed by atoms with E-state index >= 15 is 0 Å². The average molecular weight is 390 g/mol. The Labute approximate surface area is 169 Å². The molecule has 1 amide bonds. The maximum Gasteiger partial charge on any atom is 0.241 e. The molecule has 2 heterocycles. The first-order valence-electron chi connectivity index (χ1n) is 10.6. The lowest BCUT2D eigenvalue weighted by atomic mass is 9.95. The maximum atomic E-state index is 12.7. The highest BCUT2D eigenvalue weighted by molar-refractivity contribution is 7.98. The zero-order valence-corrected chi connectivity index (χ0v) is 17.8. The van der Waals surface area contributed by atoms with Gasteiger partial charge in [0.1, 0.15) is 0 Å². The molecule has 0 bridgehead atoms. The van der Waals surface area contributed by atoms with Crippen molar-refractivity contribution in [3.63, 3.8) is 0 Å². The fourth-order valence-electron chi connectivity index (χ4n) is 4.32. The van der Waals surface area contributed by atoms with E-state index in [0.29, 0.717) is 0 Å². The van der Waals surface area contributed by atoms with Crippen LogP contribution in [0.1, 0.15) is 45.4 Å². The highest BCUT2D eigenvalue weighted by Crippen LogP contribution is 2.23. The number of amides is 1. The molecule has 1 N–H and O–H groups in total. The van der Waals surface area contributed by atoms with E-state index in [1.165, 1.54) is 63.1 Å². The normalized spacial score (nSPS) is 21.6. The van der Waals surface area contributed by atoms with Crippen LogP contribution in [0.4, 0.5) is 5.69 Å². The lowest BCUT2D eigenvalue weighted by Crippen LogP contribution is -2.47. The summed E-state index contributed by atoms with van der Waals surface area (Å²) in [5, 5.41) is 3.10. The first-order valence-corrected chi connectivity index (χ1v) is 11.8. The topological polar surface area (TPSA) is 35.6 Å². The predicted octanol–water partition coefficient (Wildman–Crippen LogP) is 4.32. The monoisotopic (exact) mass is 389 g/mol. The number of hydrogen-bond acceptors (Lipinski definition) is 4. The Balaban J connectivity index is 1.44. The summed E-state index contributed by atoms with van der Waals surface area (Å²) in [5.74, 6) is 0.909. The van der Waals surface area contributed by atoms with Crippen molar-refractivity contribution < 1.29 is 4.79 Å². The molecule has 5 heteroatoms. The average Bonchev–Trinajstić information content (AvgIpc) is 2.97. The number of nitrogens with zero attached hydrogens (tertiary/aromatic N) is 2. The molecule has 0 radical (unpaired) electrons. The fraction of sp³-hybridized carbons (Fsp3) is 0.682. The van der Waals surface area contributed by atoms with Crippen LogP contribution in [-0.2, 0) is 4.79 Å². The van der Waals surface area contributed by atoms with Crippen LogP contribution in [0.5, 0.6) is 0 Å². The molecule has 0 aromatic heterocycles. The van der Waals surface area contributed by atoms with E-state index in [2.05, 4.69) is 27.4 Å². The van der Waals surface area contributed by atoms with Gasteiger partial charge in [-0.05, 0) is 89.2 Å². The number of benzene rings is 1. The first-order chi connectivity index (χ1) is 13.2. The Kier molecular flexibility index (Phi) is 8.04. The van der Waals surface area contributed by atoms with Crippen LogP contribution in [-0.4, -0.2) is 60.7 Å². The molecular formula is C22H35N3OS. The van der Waals surface area contributed by atoms with E-state index in [1.54, 1.807) is 11.8 Å². The SMILES string of the molecule is CSc1cccc(NC(=O)C(C)N2CCC(CN3CCCCCC3)CC2)c1. The Morgan fingerprint density at radius 1 is 1.15 bits per heavy atom. The molecule has 1 aromatic rings. The molecule has 2 aliphatic heterocycles. The molecule has 27 heavy (non-hydrogen) atoms. The zero-order chi connectivity index (χ0) is 19.1. The van der Waals surface area contributed by atoms with Crippen molar-refractivity contribution in [2.45, 2.75) is 56.4 Å². The van der Waals surface area contributed by atoms with E-state index in [-0.39, 0.29) is 11.9 Å². The van der Waals surface area contributed by atoms with Gasteiger partial charge in [0.25, 0.3) is 0 Å². The van der Waals surface area contributed by atoms with Crippen molar-refractivity contribution in [1.29, 1.82) is 0 Å². The largest absolute Gasteiger partial charge is 0.325 e. The van der Waals surface area contributed by atoms with Crippen LogP contribution >= 0.6 is 11.8 Å². The highest BCUT2D eigenvalue weighted by atomic mass is 32.2. The van der Waals surface area contributed by atoms with Gasteiger partial charge in [0, 0.05) is 17.1 Å². The van der Waals surface area contributed by atoms with Crippen molar-refractivity contribution in [3.8, 4) is 0 Å². The second-order valence-electron chi connectivity index (χ2n) is 8.09. The molecule has 150 valence electrons. The number of anilines is 1. The van der Waals surface area contributed by atoms with E-state index in [0.717, 1.165) is 24.7 Å². The number of carbonyl (C=O) groups is 1. The van der Waals surface area contributed by atoms with Gasteiger partial charge in [-0.25, -0.2) is 0 Å². The zero-order valence-electron chi connectivity index (χ0n) is 17.0. The number of thioether (sulfide) groups is 1. The van der Waals surface area contributed by atoms with Crippen LogP contribution in [0.3, 0.4) is 0 Å². The quantitative estimate of drug-likeness (QED) is 0.735. The van der Waals surface area contributed by atoms with E-state index in [4.69, 9.17) is 0 Å². The third-order valence-electron chi connectivity index (χ3n) is 6.13. The molecule has 2 fully saturated rings. The standard InChI is InChI=1S/C22H35N3OS/c1-18(22(26)23-20-8-7-9-21(16-20)27-2)25-14-10-19(11-15-25)17-24-12-5-3-4-6-13-24/h7-9,16,18-19H,3-6,10-15,17H2,1-2H3,(H,23,26). The number of piperidine rings is 1. The summed E-state index contributed by atoms with van der Waals surface area (Å²) in [6.07, 6.45) is 10.0. The van der Waals surface area contributed by atoms with E-state index in [1.807, 2.05) is 25.1 Å². The molecule has 0 aliphatic carbocycles. The van der Waals surface area contributed by atoms with Gasteiger partial charge in [-0.15, -0.1) is 11.8 Å². The van der Waals surface area contributed by atoms with Crippen LogP contribution < -0.4 is 5.32 Å². The van der Waals surface area contributed by atoms with Crippen LogP contribution in [0, 0.1) is 5.92 Å². The van der Waals surface area contributed by atoms with Crippen molar-refractivity contribution in [2.75, 3.05) is 44.3 Å². The van der Waals surface area contributed by atoms with Crippen LogP contribution in [0.15, 0.2) is 29.2 Å². The summed E-state index contributed by atoms with van der Waals surface area (Å²) >= 11 is 1.70. The molecule has 3 rings (SSSR count). The maximum absolute atomic E-state index is 12.7. The van der Waals surface area contributed by atoms with Gasteiger partial charge < -0.3 is 10.2 Å². The van der Waals surface area contributed by atoms with Gasteiger partial charge in [0.05, 0.1) is 6.04 Å². The minimum Gasteiger partial charge on any atom is -0.325 e. The smallest absolute Gasteiger partial charge is 0.241 e. The number of hydrogen-bond donors (Lipinski definition) is 1. The molecule has 2 aliphatic rings. The molecule has 4 nitrogen and oxygen atoms in total. The Bertz CT molecular complexity index is 593. The summed E-state index contributed by atoms with van der Waals surface area (Å²) < 4.78 is 0. The number of rotatable bonds is 6. The number of likely N-dealkylation sites (tertiary alicyclic amines) is 2. The highest BCUT2D eigenvalue weighted by Gasteiger charge is 2.27. The Morgan fingerprint density at radius 2 is 1.85 bits per heavy atom. The number of nitrogens with one attached hydrogen (secondary N) is 1. The van der Waals surface area contributed by atoms with E-state index < -0.39 is 0 Å². The Hall–Kier alpha value is -1.04. The summed E-state index contributed by atoms with van der Waals surface area (Å²) in [6, 6.07) is 8.02. The molecule has 1 atom stereocenters. The molecular weight excluding hydrogens is 354 g/mol. The van der Waals surface area contributed by atoms with Gasteiger partial charge in [0.15, 0.2) is 0 Å². The molecule has 0 saturated carbocycles. The summed E-state index contributed by atoms with van der Waals surface area (Å²) in [6.45, 7) is 7.96. The molecule has 1 unspecified atom stereocenters. The molecule has 1 aromatic carbocycles. The van der Waals surface area contributed by atoms with Gasteiger partial charge in [-0.3, -0.25) is 9.69 Å². The predicted molar refractivity (Wildman–Crippen MR) is 116 cm³/mol. The summed E-state index contributed by atoms with van der Waals surface area (Å²) in [5.41, 5.74) is 0.898. The van der Waals surface area contributed by atoms with Crippen LogP contribution in [0.2, 0.25) is 0 Å². The molecule has 0 spiro atoms. The minimum atomic E-state index is -0.0675. The summed E-state index contributed by atoms with van der Waals surface area (Å²) in [4.78, 5) is 18.9. The lowest BCUT2D eigenvalue weighted by Gasteiger charge is -2.37. The lowest BCUT2D eigenvalue weighted by molar-refractivity contribution is -0.121. The van der Waals surface area contributed by atoms with Crippen molar-refractivity contribution in [2.24, 2.45) is 5.92 Å². The van der Waals surface area contributed by atoms with E-state index in [9.17, 15) is 4.79 Å². The van der Waals surface area contributed by atoms with Crippen molar-refractivity contribution in [3.05, 3.63) is 24.3 Å². The second-order valence-corrected chi connectivity index (χ2v) is 8.97. The summed E-state index contributed by atoms with van der Waals surface area (Å²) in [7, 11) is 0. The third kappa shape index (κ3) is 6.23. The first kappa shape index (κ1) is 20.7. The van der Waals surface area contributed by atoms with Gasteiger partial charge >= 0.3 is 0 Å². The van der Waals surface area contributed by atoms with Crippen molar-refractivity contribution in [1.82, 2.24) is 9.80 Å². The van der Waals surface area contributed by atoms with Gasteiger partial charge in [-0.2, -0.15) is 0 Å². The second kappa shape index (κ2) is 10.5. The van der Waals surface area contributed by atoms with Crippen LogP contribution in [0.25, 0.3) is 0 Å². The minimum absolute atomic E-state index is 0.0675. The van der Waals surface area contributed by atoms with Gasteiger partial charge in [-0.1, -0.05) is 18.9 Å².